The van der Waals surface area contributed by atoms with Gasteiger partial charge in [0.15, 0.2) is 5.82 Å². The molecule has 11 nitrogen and oxygen atoms in total. The van der Waals surface area contributed by atoms with Crippen molar-refractivity contribution in [1.29, 1.82) is 0 Å². The summed E-state index contributed by atoms with van der Waals surface area (Å²) in [6.45, 7) is 7.55. The Morgan fingerprint density at radius 1 is 1.09 bits per heavy atom. The lowest BCUT2D eigenvalue weighted by atomic mass is 9.98. The fourth-order valence-electron chi connectivity index (χ4n) is 4.15. The second-order valence-corrected chi connectivity index (χ2v) is 12.7. The molecule has 44 heavy (non-hydrogen) atoms. The quantitative estimate of drug-likeness (QED) is 0.305. The van der Waals surface area contributed by atoms with Crippen LogP contribution < -0.4 is 14.4 Å². The van der Waals surface area contributed by atoms with Gasteiger partial charge < -0.3 is 24.2 Å². The Labute approximate surface area is 255 Å². The van der Waals surface area contributed by atoms with Gasteiger partial charge >= 0.3 is 18.2 Å². The molecule has 0 amide bonds. The molecular weight excluding hydrogens is 603 g/mol. The number of hydrogen-bond acceptors (Lipinski definition) is 9. The topological polar surface area (TPSA) is 138 Å². The van der Waals surface area contributed by atoms with E-state index in [2.05, 4.69) is 33.6 Å². The van der Waals surface area contributed by atoms with E-state index >= 15 is 0 Å². The molecule has 1 fully saturated rings. The van der Waals surface area contributed by atoms with Crippen LogP contribution in [0.3, 0.4) is 0 Å². The molecule has 2 N–H and O–H groups in total. The first-order valence-corrected chi connectivity index (χ1v) is 15.5. The van der Waals surface area contributed by atoms with Crippen molar-refractivity contribution in [2.75, 3.05) is 51.8 Å². The number of carboxylic acids is 1. The number of aromatic nitrogens is 2. The largest absolute Gasteiger partial charge is 0.493 e. The maximum atomic E-state index is 12.5. The maximum absolute atomic E-state index is 12.5. The second kappa shape index (κ2) is 15.3. The molecule has 2 aromatic carbocycles. The van der Waals surface area contributed by atoms with Gasteiger partial charge in [0.05, 0.1) is 11.5 Å². The third-order valence-corrected chi connectivity index (χ3v) is 8.24. The molecule has 0 radical (unpaired) electrons. The summed E-state index contributed by atoms with van der Waals surface area (Å²) in [5.74, 6) is -0.450. The second-order valence-electron chi connectivity index (χ2n) is 10.9. The Bertz CT molecular complexity index is 1440. The third kappa shape index (κ3) is 10.5. The number of ether oxygens (including phenoxy) is 1. The van der Waals surface area contributed by atoms with Crippen LogP contribution in [0.2, 0.25) is 0 Å². The van der Waals surface area contributed by atoms with Gasteiger partial charge in [-0.1, -0.05) is 43.3 Å². The highest BCUT2D eigenvalue weighted by molar-refractivity contribution is 7.89. The zero-order chi connectivity index (χ0) is 32.5. The van der Waals surface area contributed by atoms with E-state index in [4.69, 9.17) is 19.2 Å². The summed E-state index contributed by atoms with van der Waals surface area (Å²) in [6, 6.07) is 15.5. The van der Waals surface area contributed by atoms with E-state index in [0.29, 0.717) is 31.6 Å². The minimum Gasteiger partial charge on any atom is -0.493 e. The summed E-state index contributed by atoms with van der Waals surface area (Å²) in [5.41, 5.74) is 1.96. The van der Waals surface area contributed by atoms with Gasteiger partial charge in [-0.25, -0.2) is 17.9 Å². The molecule has 0 aliphatic carbocycles. The fourth-order valence-corrected chi connectivity index (χ4v) is 5.17. The molecule has 1 aliphatic heterocycles. The van der Waals surface area contributed by atoms with E-state index < -0.39 is 22.2 Å². The number of alkyl halides is 3. The van der Waals surface area contributed by atoms with Crippen molar-refractivity contribution in [3.8, 4) is 16.9 Å². The first-order chi connectivity index (χ1) is 20.7. The summed E-state index contributed by atoms with van der Waals surface area (Å²) < 4.78 is 70.8. The number of benzene rings is 2. The summed E-state index contributed by atoms with van der Waals surface area (Å²) in [4.78, 5) is 17.7. The first-order valence-electron chi connectivity index (χ1n) is 14.0. The van der Waals surface area contributed by atoms with E-state index in [-0.39, 0.29) is 10.8 Å². The number of anilines is 1. The lowest BCUT2D eigenvalue weighted by Crippen LogP contribution is -2.35. The number of rotatable bonds is 11. The lowest BCUT2D eigenvalue weighted by Gasteiger charge is -2.30. The van der Waals surface area contributed by atoms with Gasteiger partial charge in [0, 0.05) is 32.1 Å². The van der Waals surface area contributed by atoms with Gasteiger partial charge in [-0.05, 0) is 68.2 Å². The average molecular weight is 642 g/mol. The van der Waals surface area contributed by atoms with E-state index in [9.17, 15) is 21.6 Å². The summed E-state index contributed by atoms with van der Waals surface area (Å²) >= 11 is 0. The number of likely N-dealkylation sites (N-methyl/N-ethyl adjacent to an activating group) is 1. The van der Waals surface area contributed by atoms with Gasteiger partial charge in [-0.3, -0.25) is 0 Å². The molecular formula is C29H38F3N5O6S. The van der Waals surface area contributed by atoms with Crippen molar-refractivity contribution in [3.63, 3.8) is 0 Å². The fraction of sp³-hybridized carbons (Fsp3) is 0.483. The Kier molecular flexibility index (Phi) is 12.1. The van der Waals surface area contributed by atoms with Gasteiger partial charge in [-0.2, -0.15) is 18.2 Å². The van der Waals surface area contributed by atoms with Crippen LogP contribution in [0.1, 0.15) is 38.4 Å². The number of nitrogens with zero attached hydrogens (tertiary/aromatic N) is 4. The van der Waals surface area contributed by atoms with Crippen molar-refractivity contribution in [2.45, 2.75) is 43.7 Å². The molecule has 1 aromatic heterocycles. The molecule has 1 saturated heterocycles. The molecule has 0 spiro atoms. The zero-order valence-electron chi connectivity index (χ0n) is 25.0. The molecule has 3 aromatic rings. The summed E-state index contributed by atoms with van der Waals surface area (Å²) in [5, 5.41) is 11.2. The standard InChI is InChI=1S/C27H37N5O4S.C2HF3O2/c1-20(2)26-29-27(36-30-26)32-16-13-21(14-17-32)19-35-24-9-5-22(6-10-24)23-7-11-25(12-8-23)37(33,34)28-15-18-31(3)4;3-2(4,5)1(6)7/h5-12,20-21,28H,13-19H2,1-4H3;(H,6,7). The molecule has 4 rings (SSSR count). The normalized spacial score (nSPS) is 14.4. The molecule has 0 unspecified atom stereocenters. The lowest BCUT2D eigenvalue weighted by molar-refractivity contribution is -0.192. The predicted molar refractivity (Wildman–Crippen MR) is 158 cm³/mol. The molecule has 0 atom stereocenters. The molecule has 0 saturated carbocycles. The number of sulfonamides is 1. The van der Waals surface area contributed by atoms with Crippen LogP contribution in [0.5, 0.6) is 5.75 Å². The average Bonchev–Trinajstić information content (AvgIpc) is 3.47. The van der Waals surface area contributed by atoms with Crippen molar-refractivity contribution in [1.82, 2.24) is 19.8 Å². The smallest absolute Gasteiger partial charge is 0.490 e. The number of nitrogens with one attached hydrogen (secondary N) is 1. The Hall–Kier alpha value is -3.69. The van der Waals surface area contributed by atoms with E-state index in [1.807, 2.05) is 55.4 Å². The molecule has 242 valence electrons. The Morgan fingerprint density at radius 2 is 1.64 bits per heavy atom. The minimum absolute atomic E-state index is 0.255. The van der Waals surface area contributed by atoms with Crippen LogP contribution in [0, 0.1) is 5.92 Å². The molecule has 1 aliphatic rings. The predicted octanol–water partition coefficient (Wildman–Crippen LogP) is 4.63. The van der Waals surface area contributed by atoms with E-state index in [1.165, 1.54) is 0 Å². The van der Waals surface area contributed by atoms with E-state index in [1.54, 1.807) is 12.1 Å². The number of aliphatic carboxylic acids is 1. The maximum Gasteiger partial charge on any atom is 0.490 e. The highest BCUT2D eigenvalue weighted by atomic mass is 32.2. The van der Waals surface area contributed by atoms with Crippen LogP contribution >= 0.6 is 0 Å². The zero-order valence-corrected chi connectivity index (χ0v) is 25.9. The highest BCUT2D eigenvalue weighted by Gasteiger charge is 2.38. The highest BCUT2D eigenvalue weighted by Crippen LogP contribution is 2.27. The third-order valence-electron chi connectivity index (χ3n) is 6.76. The molecule has 0 bridgehead atoms. The van der Waals surface area contributed by atoms with Crippen molar-refractivity contribution >= 4 is 22.0 Å². The summed E-state index contributed by atoms with van der Waals surface area (Å²) in [7, 11) is 0.300. The van der Waals surface area contributed by atoms with Gasteiger partial charge in [0.2, 0.25) is 10.0 Å². The molecule has 15 heteroatoms. The van der Waals surface area contributed by atoms with Crippen LogP contribution in [0.25, 0.3) is 11.1 Å². The van der Waals surface area contributed by atoms with Crippen molar-refractivity contribution in [3.05, 3.63) is 54.4 Å². The van der Waals surface area contributed by atoms with Crippen LogP contribution in [0.15, 0.2) is 57.9 Å². The van der Waals surface area contributed by atoms with Gasteiger partial charge in [0.25, 0.3) is 0 Å². The minimum atomic E-state index is -5.08. The van der Waals surface area contributed by atoms with Crippen LogP contribution in [0.4, 0.5) is 19.2 Å². The Balaban J connectivity index is 0.000000676. The first kappa shape index (κ1) is 34.8. The Morgan fingerprint density at radius 3 is 2.11 bits per heavy atom. The van der Waals surface area contributed by atoms with Crippen LogP contribution in [-0.4, -0.2) is 87.6 Å². The van der Waals surface area contributed by atoms with E-state index in [0.717, 1.165) is 48.6 Å². The van der Waals surface area contributed by atoms with Gasteiger partial charge in [0.1, 0.15) is 5.75 Å². The molecule has 2 heterocycles. The van der Waals surface area contributed by atoms with Crippen molar-refractivity contribution < 1.29 is 40.8 Å². The number of carboxylic acid groups (broad SMARTS) is 1. The monoisotopic (exact) mass is 641 g/mol. The SMILES string of the molecule is CC(C)c1noc(N2CCC(COc3ccc(-c4ccc(S(=O)(=O)NCCN(C)C)cc4)cc3)CC2)n1.O=C(O)C(F)(F)F. The number of carbonyl (C=O) groups is 1. The van der Waals surface area contributed by atoms with Crippen LogP contribution in [-0.2, 0) is 14.8 Å². The number of hydrogen-bond donors (Lipinski definition) is 2. The number of halogens is 3. The van der Waals surface area contributed by atoms with Crippen molar-refractivity contribution in [2.24, 2.45) is 5.92 Å². The summed E-state index contributed by atoms with van der Waals surface area (Å²) in [6.07, 6.45) is -3.06. The number of piperidine rings is 1. The van der Waals surface area contributed by atoms with Gasteiger partial charge in [-0.15, -0.1) is 0 Å².